The van der Waals surface area contributed by atoms with Crippen LogP contribution >= 0.6 is 0 Å². The number of para-hydroxylation sites is 1. The monoisotopic (exact) mass is 499 g/mol. The number of benzene rings is 2. The van der Waals surface area contributed by atoms with Crippen LogP contribution in [0.2, 0.25) is 0 Å². The van der Waals surface area contributed by atoms with Crippen LogP contribution in [0.4, 0.5) is 33.7 Å². The molecule has 11 heteroatoms. The molecule has 4 rings (SSSR count). The number of alkyl halides is 3. The lowest BCUT2D eigenvalue weighted by Gasteiger charge is -2.42. The van der Waals surface area contributed by atoms with Crippen LogP contribution in [0.5, 0.6) is 5.75 Å². The average molecular weight is 499 g/mol. The predicted molar refractivity (Wildman–Crippen MR) is 124 cm³/mol. The van der Waals surface area contributed by atoms with Crippen LogP contribution in [0.3, 0.4) is 0 Å². The molecule has 2 amide bonds. The molecule has 2 heterocycles. The molecule has 1 N–H and O–H groups in total. The zero-order valence-corrected chi connectivity index (χ0v) is 18.9. The van der Waals surface area contributed by atoms with E-state index in [1.165, 1.54) is 35.4 Å². The van der Waals surface area contributed by atoms with Gasteiger partial charge in [-0.05, 0) is 42.5 Å². The molecule has 36 heavy (non-hydrogen) atoms. The zero-order valence-electron chi connectivity index (χ0n) is 18.9. The van der Waals surface area contributed by atoms with Crippen molar-refractivity contribution in [2.24, 2.45) is 0 Å². The highest BCUT2D eigenvalue weighted by atomic mass is 19.4. The third-order valence-electron chi connectivity index (χ3n) is 5.73. The van der Waals surface area contributed by atoms with Gasteiger partial charge in [0, 0.05) is 31.5 Å². The van der Waals surface area contributed by atoms with Gasteiger partial charge in [0.25, 0.3) is 0 Å². The topological polar surface area (TPSA) is 81.5 Å². The van der Waals surface area contributed by atoms with Gasteiger partial charge in [0.15, 0.2) is 0 Å². The summed E-state index contributed by atoms with van der Waals surface area (Å²) in [6, 6.07) is 13.1. The molecule has 0 radical (unpaired) electrons. The molecule has 0 aliphatic carbocycles. The number of hydrogen-bond acceptors (Lipinski definition) is 5. The Hall–Kier alpha value is -4.33. The van der Waals surface area contributed by atoms with Crippen LogP contribution in [-0.2, 0) is 6.18 Å². The van der Waals surface area contributed by atoms with Gasteiger partial charge in [-0.3, -0.25) is 4.98 Å². The summed E-state index contributed by atoms with van der Waals surface area (Å²) >= 11 is 0. The second-order valence-corrected chi connectivity index (χ2v) is 8.04. The molecule has 1 aromatic heterocycles. The van der Waals surface area contributed by atoms with E-state index in [0.717, 1.165) is 12.1 Å². The Kier molecular flexibility index (Phi) is 7.24. The summed E-state index contributed by atoms with van der Waals surface area (Å²) in [5.74, 6) is -0.133. The number of pyridine rings is 1. The summed E-state index contributed by atoms with van der Waals surface area (Å²) in [5, 5.41) is 11.6. The number of urea groups is 1. The minimum atomic E-state index is -4.69. The first-order valence-electron chi connectivity index (χ1n) is 11.0. The molecule has 7 nitrogen and oxygen atoms in total. The van der Waals surface area contributed by atoms with Crippen molar-refractivity contribution in [3.05, 3.63) is 83.9 Å². The minimum absolute atomic E-state index is 0.0127. The van der Waals surface area contributed by atoms with Gasteiger partial charge < -0.3 is 19.9 Å². The van der Waals surface area contributed by atoms with E-state index in [2.05, 4.69) is 10.3 Å². The second-order valence-electron chi connectivity index (χ2n) is 8.04. The lowest BCUT2D eigenvalue weighted by Crippen LogP contribution is -2.58. The molecular formula is C25H21F4N5O2. The van der Waals surface area contributed by atoms with Crippen LogP contribution in [0.15, 0.2) is 67.0 Å². The molecule has 1 atom stereocenters. The first-order valence-corrected chi connectivity index (χ1v) is 11.0. The molecule has 186 valence electrons. The smallest absolute Gasteiger partial charge is 0.417 e. The van der Waals surface area contributed by atoms with Crippen LogP contribution in [0, 0.1) is 17.1 Å². The summed E-state index contributed by atoms with van der Waals surface area (Å²) < 4.78 is 60.3. The summed E-state index contributed by atoms with van der Waals surface area (Å²) in [6.45, 7) is 0.531. The van der Waals surface area contributed by atoms with Crippen molar-refractivity contribution in [3.63, 3.8) is 0 Å². The fourth-order valence-corrected chi connectivity index (χ4v) is 3.94. The van der Waals surface area contributed by atoms with Crippen LogP contribution in [0.1, 0.15) is 11.1 Å². The van der Waals surface area contributed by atoms with Gasteiger partial charge in [0.05, 0.1) is 35.1 Å². The van der Waals surface area contributed by atoms with Crippen molar-refractivity contribution in [3.8, 4) is 11.8 Å². The van der Waals surface area contributed by atoms with E-state index in [0.29, 0.717) is 5.75 Å². The lowest BCUT2D eigenvalue weighted by atomic mass is 10.1. The molecule has 0 spiro atoms. The molecular weight excluding hydrogens is 478 g/mol. The third-order valence-corrected chi connectivity index (χ3v) is 5.73. The maximum absolute atomic E-state index is 14.1. The van der Waals surface area contributed by atoms with Gasteiger partial charge in [-0.2, -0.15) is 18.4 Å². The summed E-state index contributed by atoms with van der Waals surface area (Å²) in [5.41, 5.74) is -1.21. The van der Waals surface area contributed by atoms with Gasteiger partial charge in [-0.15, -0.1) is 0 Å². The highest BCUT2D eigenvalue weighted by molar-refractivity contribution is 5.90. The second kappa shape index (κ2) is 10.5. The quantitative estimate of drug-likeness (QED) is 0.505. The standard InChI is InChI=1S/C25H21F4N5O2/c26-22-5-1-2-6-23(22)32-24(35)34-11-10-33(15-19(34)16-36-20-4-3-9-31-14-20)18-8-7-17(13-30)21(12-18)25(27,28)29/h1-9,12,14,19H,10-11,15-16H2,(H,32,35). The van der Waals surface area contributed by atoms with Crippen molar-refractivity contribution >= 4 is 17.4 Å². The number of halogens is 4. The van der Waals surface area contributed by atoms with Crippen LogP contribution in [0.25, 0.3) is 0 Å². The number of rotatable bonds is 5. The molecule has 0 bridgehead atoms. The Bertz CT molecular complexity index is 1260. The first kappa shape index (κ1) is 24.8. The van der Waals surface area contributed by atoms with Crippen LogP contribution < -0.4 is 15.0 Å². The number of anilines is 2. The van der Waals surface area contributed by atoms with Gasteiger partial charge in [-0.1, -0.05) is 12.1 Å². The number of piperazine rings is 1. The number of carbonyl (C=O) groups excluding carboxylic acids is 1. The molecule has 2 aromatic carbocycles. The number of carbonyl (C=O) groups is 1. The number of nitrogens with one attached hydrogen (secondary N) is 1. The average Bonchev–Trinajstić information content (AvgIpc) is 2.88. The molecule has 1 unspecified atom stereocenters. The Morgan fingerprint density at radius 1 is 1.17 bits per heavy atom. The first-order chi connectivity index (χ1) is 17.3. The van der Waals surface area contributed by atoms with E-state index in [9.17, 15) is 22.4 Å². The van der Waals surface area contributed by atoms with E-state index in [1.807, 2.05) is 0 Å². The molecule has 0 saturated carbocycles. The lowest BCUT2D eigenvalue weighted by molar-refractivity contribution is -0.137. The van der Waals surface area contributed by atoms with E-state index in [4.69, 9.17) is 10.00 Å². The van der Waals surface area contributed by atoms with Crippen molar-refractivity contribution in [2.75, 3.05) is 36.5 Å². The van der Waals surface area contributed by atoms with Crippen LogP contribution in [-0.4, -0.2) is 48.2 Å². The largest absolute Gasteiger partial charge is 0.490 e. The van der Waals surface area contributed by atoms with E-state index < -0.39 is 35.2 Å². The molecule has 1 aliphatic heterocycles. The fourth-order valence-electron chi connectivity index (χ4n) is 3.94. The maximum Gasteiger partial charge on any atom is 0.417 e. The highest BCUT2D eigenvalue weighted by Crippen LogP contribution is 2.35. The normalized spacial score (nSPS) is 15.8. The number of nitriles is 1. The number of hydrogen-bond donors (Lipinski definition) is 1. The number of ether oxygens (including phenoxy) is 1. The Morgan fingerprint density at radius 2 is 1.97 bits per heavy atom. The number of amides is 2. The van der Waals surface area contributed by atoms with Gasteiger partial charge in [-0.25, -0.2) is 9.18 Å². The summed E-state index contributed by atoms with van der Waals surface area (Å²) in [4.78, 5) is 20.2. The van der Waals surface area contributed by atoms with E-state index in [-0.39, 0.29) is 37.6 Å². The number of nitrogens with zero attached hydrogens (tertiary/aromatic N) is 4. The molecule has 3 aromatic rings. The zero-order chi connectivity index (χ0) is 25.7. The van der Waals surface area contributed by atoms with Crippen molar-refractivity contribution < 1.29 is 27.1 Å². The molecule has 1 fully saturated rings. The third kappa shape index (κ3) is 5.66. The fraction of sp³-hybridized carbons (Fsp3) is 0.240. The number of aromatic nitrogens is 1. The van der Waals surface area contributed by atoms with Crippen molar-refractivity contribution in [1.29, 1.82) is 5.26 Å². The SMILES string of the molecule is N#Cc1ccc(N2CCN(C(=O)Nc3ccccc3F)C(COc3cccnc3)C2)cc1C(F)(F)F. The predicted octanol–water partition coefficient (Wildman–Crippen LogP) is 4.91. The van der Waals surface area contributed by atoms with Crippen molar-refractivity contribution in [1.82, 2.24) is 9.88 Å². The Morgan fingerprint density at radius 3 is 2.67 bits per heavy atom. The van der Waals surface area contributed by atoms with E-state index >= 15 is 0 Å². The Balaban J connectivity index is 1.57. The van der Waals surface area contributed by atoms with Crippen molar-refractivity contribution in [2.45, 2.75) is 12.2 Å². The van der Waals surface area contributed by atoms with E-state index in [1.54, 1.807) is 35.4 Å². The maximum atomic E-state index is 14.1. The van der Waals surface area contributed by atoms with Gasteiger partial charge >= 0.3 is 12.2 Å². The highest BCUT2D eigenvalue weighted by Gasteiger charge is 2.36. The minimum Gasteiger partial charge on any atom is -0.490 e. The molecule has 1 aliphatic rings. The molecule has 1 saturated heterocycles. The summed E-state index contributed by atoms with van der Waals surface area (Å²) in [6.07, 6.45) is -1.61. The van der Waals surface area contributed by atoms with Gasteiger partial charge in [0.1, 0.15) is 18.2 Å². The van der Waals surface area contributed by atoms with Gasteiger partial charge in [0.2, 0.25) is 0 Å². The summed E-state index contributed by atoms with van der Waals surface area (Å²) in [7, 11) is 0. The Labute approximate surface area is 204 Å².